The van der Waals surface area contributed by atoms with Gasteiger partial charge in [0, 0.05) is 61.2 Å². The summed E-state index contributed by atoms with van der Waals surface area (Å²) >= 11 is 6.25. The van der Waals surface area contributed by atoms with E-state index in [0.29, 0.717) is 45.7 Å². The maximum absolute atomic E-state index is 13.7. The lowest BCUT2D eigenvalue weighted by Gasteiger charge is -2.27. The number of nitrogens with one attached hydrogen (secondary N) is 1. The van der Waals surface area contributed by atoms with Crippen molar-refractivity contribution in [3.63, 3.8) is 0 Å². The number of benzene rings is 3. The molecule has 3 aromatic rings. The highest BCUT2D eigenvalue weighted by molar-refractivity contribution is 6.31. The molecule has 0 aliphatic heterocycles. The number of amides is 2. The summed E-state index contributed by atoms with van der Waals surface area (Å²) < 4.78 is 5.69. The Kier molecular flexibility index (Phi) is 11.2. The Balaban J connectivity index is 2.00. The van der Waals surface area contributed by atoms with Crippen molar-refractivity contribution in [1.82, 2.24) is 9.80 Å². The molecule has 0 heterocycles. The van der Waals surface area contributed by atoms with Gasteiger partial charge in [-0.1, -0.05) is 41.9 Å². The van der Waals surface area contributed by atoms with Gasteiger partial charge in [-0.15, -0.1) is 0 Å². The van der Waals surface area contributed by atoms with Crippen molar-refractivity contribution in [2.75, 3.05) is 33.6 Å². The van der Waals surface area contributed by atoms with Crippen LogP contribution in [0.1, 0.15) is 38.8 Å². The summed E-state index contributed by atoms with van der Waals surface area (Å²) in [6, 6.07) is 20.3. The summed E-state index contributed by atoms with van der Waals surface area (Å²) in [6.45, 7) is 1.43. The topological polar surface area (TPSA) is 96.0 Å². The fourth-order valence-corrected chi connectivity index (χ4v) is 4.54. The molecule has 0 aromatic heterocycles. The number of aldehydes is 1. The molecule has 1 N–H and O–H groups in total. The lowest BCUT2D eigenvalue weighted by molar-refractivity contribution is -0.120. The van der Waals surface area contributed by atoms with E-state index in [2.05, 4.69) is 5.32 Å². The van der Waals surface area contributed by atoms with Crippen molar-refractivity contribution in [1.29, 1.82) is 0 Å². The lowest BCUT2D eigenvalue weighted by Crippen LogP contribution is -2.41. The molecule has 0 spiro atoms. The second kappa shape index (κ2) is 14.8. The predicted molar refractivity (Wildman–Crippen MR) is 165 cm³/mol. The number of ketones is 1. The Labute approximate surface area is 251 Å². The van der Waals surface area contributed by atoms with Crippen molar-refractivity contribution in [2.45, 2.75) is 19.4 Å². The van der Waals surface area contributed by atoms with E-state index in [4.69, 9.17) is 16.3 Å². The van der Waals surface area contributed by atoms with Gasteiger partial charge >= 0.3 is 0 Å². The van der Waals surface area contributed by atoms with Crippen molar-refractivity contribution in [2.24, 2.45) is 0 Å². The van der Waals surface area contributed by atoms with E-state index >= 15 is 0 Å². The number of anilines is 1. The molecule has 9 heteroatoms. The van der Waals surface area contributed by atoms with E-state index in [9.17, 15) is 19.2 Å². The van der Waals surface area contributed by atoms with Crippen LogP contribution in [0.25, 0.3) is 5.57 Å². The van der Waals surface area contributed by atoms with Gasteiger partial charge in [-0.05, 0) is 66.6 Å². The lowest BCUT2D eigenvalue weighted by atomic mass is 9.95. The van der Waals surface area contributed by atoms with Gasteiger partial charge < -0.3 is 19.9 Å². The summed E-state index contributed by atoms with van der Waals surface area (Å²) in [5.74, 6) is -0.389. The smallest absolute Gasteiger partial charge is 0.253 e. The van der Waals surface area contributed by atoms with Crippen LogP contribution in [0.15, 0.2) is 90.8 Å². The van der Waals surface area contributed by atoms with Crippen LogP contribution in [0.4, 0.5) is 5.69 Å². The molecule has 3 aromatic carbocycles. The van der Waals surface area contributed by atoms with Gasteiger partial charge in [-0.2, -0.15) is 0 Å². The minimum absolute atomic E-state index is 0.140. The Morgan fingerprint density at radius 1 is 0.952 bits per heavy atom. The number of ether oxygens (including phenoxy) is 1. The van der Waals surface area contributed by atoms with Crippen LogP contribution in [0.5, 0.6) is 0 Å². The highest BCUT2D eigenvalue weighted by Crippen LogP contribution is 2.30. The van der Waals surface area contributed by atoms with E-state index in [0.717, 1.165) is 5.56 Å². The number of halogens is 1. The highest BCUT2D eigenvalue weighted by atomic mass is 35.5. The monoisotopic (exact) mass is 587 g/mol. The average Bonchev–Trinajstić information content (AvgIpc) is 2.97. The standard InChI is InChI=1S/C33H34ClN3O5/c1-22(39)27-16-13-25(34)20-29(27)28(17-18-38)31(42-5)21-37(4)30(19-23-9-7-6-8-10-23)32(40)35-26-14-11-24(12-15-26)33(41)36(2)3/h6-18,20-21,30H,19H2,1-5H3,(H,35,40)/b28-17-,31-21+. The molecule has 3 rings (SSSR count). The van der Waals surface area contributed by atoms with E-state index in [1.165, 1.54) is 25.0 Å². The third-order valence-electron chi connectivity index (χ3n) is 6.56. The number of likely N-dealkylation sites (N-methyl/N-ethyl adjacent to an activating group) is 1. The van der Waals surface area contributed by atoms with E-state index < -0.39 is 6.04 Å². The van der Waals surface area contributed by atoms with Crippen LogP contribution in [0.2, 0.25) is 5.02 Å². The molecule has 42 heavy (non-hydrogen) atoms. The van der Waals surface area contributed by atoms with Gasteiger partial charge in [0.05, 0.1) is 7.11 Å². The minimum atomic E-state index is -0.704. The number of rotatable bonds is 12. The van der Waals surface area contributed by atoms with Gasteiger partial charge in [0.1, 0.15) is 18.1 Å². The van der Waals surface area contributed by atoms with Crippen molar-refractivity contribution < 1.29 is 23.9 Å². The number of carbonyl (C=O) groups excluding carboxylic acids is 4. The Morgan fingerprint density at radius 2 is 1.62 bits per heavy atom. The Morgan fingerprint density at radius 3 is 2.19 bits per heavy atom. The zero-order chi connectivity index (χ0) is 30.8. The zero-order valence-electron chi connectivity index (χ0n) is 24.3. The fraction of sp³-hybridized carbons (Fsp3) is 0.212. The molecule has 1 atom stereocenters. The second-order valence-corrected chi connectivity index (χ2v) is 10.2. The van der Waals surface area contributed by atoms with Gasteiger partial charge in [-0.25, -0.2) is 0 Å². The van der Waals surface area contributed by atoms with Crippen molar-refractivity contribution in [3.05, 3.63) is 118 Å². The van der Waals surface area contributed by atoms with Crippen molar-refractivity contribution >= 4 is 46.7 Å². The number of hydrogen-bond donors (Lipinski definition) is 1. The largest absolute Gasteiger partial charge is 0.495 e. The average molecular weight is 588 g/mol. The summed E-state index contributed by atoms with van der Waals surface area (Å²) in [5, 5.41) is 3.32. The van der Waals surface area contributed by atoms with Crippen LogP contribution in [0.3, 0.4) is 0 Å². The molecule has 0 saturated carbocycles. The molecular weight excluding hydrogens is 554 g/mol. The van der Waals surface area contributed by atoms with Gasteiger partial charge in [-0.3, -0.25) is 19.2 Å². The van der Waals surface area contributed by atoms with Gasteiger partial charge in [0.25, 0.3) is 5.91 Å². The predicted octanol–water partition coefficient (Wildman–Crippen LogP) is 5.50. The van der Waals surface area contributed by atoms with Gasteiger partial charge in [0.2, 0.25) is 5.91 Å². The molecule has 0 radical (unpaired) electrons. The fourth-order valence-electron chi connectivity index (χ4n) is 4.37. The molecule has 0 aliphatic rings. The summed E-state index contributed by atoms with van der Waals surface area (Å²) in [7, 11) is 6.52. The van der Waals surface area contributed by atoms with Gasteiger partial charge in [0.15, 0.2) is 5.78 Å². The molecule has 2 amide bonds. The van der Waals surface area contributed by atoms with Crippen LogP contribution < -0.4 is 5.32 Å². The zero-order valence-corrected chi connectivity index (χ0v) is 25.0. The number of carbonyl (C=O) groups is 4. The van der Waals surface area contributed by atoms with Crippen LogP contribution in [0, 0.1) is 0 Å². The summed E-state index contributed by atoms with van der Waals surface area (Å²) in [4.78, 5) is 53.2. The summed E-state index contributed by atoms with van der Waals surface area (Å²) in [6.07, 6.45) is 3.87. The molecule has 1 unspecified atom stereocenters. The van der Waals surface area contributed by atoms with Crippen molar-refractivity contribution in [3.8, 4) is 0 Å². The number of hydrogen-bond acceptors (Lipinski definition) is 6. The van der Waals surface area contributed by atoms with Crippen LogP contribution >= 0.6 is 11.6 Å². The molecule has 0 aliphatic carbocycles. The molecule has 218 valence electrons. The maximum atomic E-state index is 13.7. The van der Waals surface area contributed by atoms with E-state index in [1.807, 2.05) is 30.3 Å². The van der Waals surface area contributed by atoms with E-state index in [1.54, 1.807) is 74.7 Å². The SMILES string of the molecule is COC(=C/N(C)C(Cc1ccccc1)C(=O)Nc1ccc(C(=O)N(C)C)cc1)/C(=C\C=O)c1cc(Cl)ccc1C(C)=O. The van der Waals surface area contributed by atoms with E-state index in [-0.39, 0.29) is 23.4 Å². The molecule has 0 saturated heterocycles. The third-order valence-corrected chi connectivity index (χ3v) is 6.80. The Bertz CT molecular complexity index is 1500. The maximum Gasteiger partial charge on any atom is 0.253 e. The van der Waals surface area contributed by atoms with Crippen LogP contribution in [-0.2, 0) is 20.7 Å². The molecular formula is C33H34ClN3O5. The molecule has 8 nitrogen and oxygen atoms in total. The van der Waals surface area contributed by atoms with Crippen LogP contribution in [-0.4, -0.2) is 68.0 Å². The molecule has 0 bridgehead atoms. The first kappa shape index (κ1) is 31.8. The summed E-state index contributed by atoms with van der Waals surface area (Å²) in [5.41, 5.74) is 3.11. The second-order valence-electron chi connectivity index (χ2n) is 9.80. The third kappa shape index (κ3) is 8.17. The first-order valence-electron chi connectivity index (χ1n) is 13.2. The number of methoxy groups -OCH3 is 1. The number of Topliss-reactive ketones (excluding diaryl/α,β-unsaturated/α-hetero) is 1. The highest BCUT2D eigenvalue weighted by Gasteiger charge is 2.25. The minimum Gasteiger partial charge on any atom is -0.495 e. The quantitative estimate of drug-likeness (QED) is 0.0989. The normalized spacial score (nSPS) is 12.2. The molecule has 0 fully saturated rings. The number of nitrogens with zero attached hydrogens (tertiary/aromatic N) is 2. The first-order chi connectivity index (χ1) is 20.0. The number of allylic oxidation sites excluding steroid dienone is 2. The first-order valence-corrected chi connectivity index (χ1v) is 13.5. The Hall–Kier alpha value is -4.69.